The SMILES string of the molecule is CCCC1CCCN(C(=O)[C@H](N)c2ccccc2)CC1. The first-order valence-electron chi connectivity index (χ1n) is 7.81. The molecule has 3 nitrogen and oxygen atoms in total. The first-order chi connectivity index (χ1) is 9.72. The monoisotopic (exact) mass is 274 g/mol. The highest BCUT2D eigenvalue weighted by Gasteiger charge is 2.25. The minimum Gasteiger partial charge on any atom is -0.341 e. The van der Waals surface area contributed by atoms with E-state index in [1.165, 1.54) is 19.3 Å². The molecule has 0 aliphatic carbocycles. The number of amides is 1. The number of nitrogens with zero attached hydrogens (tertiary/aromatic N) is 1. The van der Waals surface area contributed by atoms with E-state index >= 15 is 0 Å². The predicted molar refractivity (Wildman–Crippen MR) is 82.2 cm³/mol. The zero-order valence-corrected chi connectivity index (χ0v) is 12.4. The van der Waals surface area contributed by atoms with E-state index in [0.29, 0.717) is 0 Å². The van der Waals surface area contributed by atoms with E-state index < -0.39 is 6.04 Å². The lowest BCUT2D eigenvalue weighted by Gasteiger charge is -2.24. The molecule has 0 aromatic heterocycles. The van der Waals surface area contributed by atoms with Crippen molar-refractivity contribution in [3.63, 3.8) is 0 Å². The normalized spacial score (nSPS) is 21.3. The molecule has 0 spiro atoms. The van der Waals surface area contributed by atoms with Crippen molar-refractivity contribution in [1.82, 2.24) is 4.90 Å². The molecule has 1 aromatic rings. The minimum atomic E-state index is -0.515. The van der Waals surface area contributed by atoms with Crippen LogP contribution in [0.25, 0.3) is 0 Å². The summed E-state index contributed by atoms with van der Waals surface area (Å²) in [6.45, 7) is 3.96. The molecule has 2 atom stereocenters. The van der Waals surface area contributed by atoms with Crippen molar-refractivity contribution >= 4 is 5.91 Å². The number of rotatable bonds is 4. The van der Waals surface area contributed by atoms with Gasteiger partial charge in [0.1, 0.15) is 6.04 Å². The summed E-state index contributed by atoms with van der Waals surface area (Å²) in [4.78, 5) is 14.5. The Kier molecular flexibility index (Phi) is 5.60. The second-order valence-corrected chi connectivity index (χ2v) is 5.80. The maximum absolute atomic E-state index is 12.5. The average Bonchev–Trinajstić information content (AvgIpc) is 2.73. The Balaban J connectivity index is 1.95. The molecular weight excluding hydrogens is 248 g/mol. The summed E-state index contributed by atoms with van der Waals surface area (Å²) in [5.41, 5.74) is 7.03. The second-order valence-electron chi connectivity index (χ2n) is 5.80. The van der Waals surface area contributed by atoms with Gasteiger partial charge >= 0.3 is 0 Å². The number of benzene rings is 1. The highest BCUT2D eigenvalue weighted by atomic mass is 16.2. The Morgan fingerprint density at radius 3 is 2.75 bits per heavy atom. The summed E-state index contributed by atoms with van der Waals surface area (Å²) in [7, 11) is 0. The van der Waals surface area contributed by atoms with Crippen LogP contribution in [0.15, 0.2) is 30.3 Å². The van der Waals surface area contributed by atoms with Crippen LogP contribution in [0.5, 0.6) is 0 Å². The van der Waals surface area contributed by atoms with E-state index in [1.807, 2.05) is 35.2 Å². The molecule has 0 saturated carbocycles. The van der Waals surface area contributed by atoms with Crippen molar-refractivity contribution in [3.8, 4) is 0 Å². The Morgan fingerprint density at radius 2 is 2.05 bits per heavy atom. The fraction of sp³-hybridized carbons (Fsp3) is 0.588. The molecule has 1 aliphatic rings. The van der Waals surface area contributed by atoms with Gasteiger partial charge in [0, 0.05) is 13.1 Å². The van der Waals surface area contributed by atoms with Crippen LogP contribution in [0, 0.1) is 5.92 Å². The fourth-order valence-corrected chi connectivity index (χ4v) is 3.08. The number of hydrogen-bond acceptors (Lipinski definition) is 2. The first-order valence-corrected chi connectivity index (χ1v) is 7.81. The molecule has 1 amide bonds. The van der Waals surface area contributed by atoms with Gasteiger partial charge in [0.2, 0.25) is 5.91 Å². The van der Waals surface area contributed by atoms with Crippen molar-refractivity contribution in [2.24, 2.45) is 11.7 Å². The number of nitrogens with two attached hydrogens (primary N) is 1. The molecule has 1 heterocycles. The maximum atomic E-state index is 12.5. The van der Waals surface area contributed by atoms with Gasteiger partial charge in [0.05, 0.1) is 0 Å². The molecule has 3 heteroatoms. The lowest BCUT2D eigenvalue weighted by molar-refractivity contribution is -0.132. The van der Waals surface area contributed by atoms with Crippen LogP contribution in [0.3, 0.4) is 0 Å². The molecule has 2 N–H and O–H groups in total. The van der Waals surface area contributed by atoms with Crippen molar-refractivity contribution in [2.75, 3.05) is 13.1 Å². The summed E-state index contributed by atoms with van der Waals surface area (Å²) >= 11 is 0. The number of likely N-dealkylation sites (tertiary alicyclic amines) is 1. The standard InChI is InChI=1S/C17H26N2O/c1-2-7-14-8-6-12-19(13-11-14)17(20)16(18)15-9-4-3-5-10-15/h3-5,9-10,14,16H,2,6-8,11-13,18H2,1H3/t14?,16-/m1/s1. The van der Waals surface area contributed by atoms with Gasteiger partial charge in [-0.05, 0) is 30.7 Å². The van der Waals surface area contributed by atoms with Crippen LogP contribution in [-0.4, -0.2) is 23.9 Å². The van der Waals surface area contributed by atoms with Crippen molar-refractivity contribution in [3.05, 3.63) is 35.9 Å². The van der Waals surface area contributed by atoms with Crippen molar-refractivity contribution in [1.29, 1.82) is 0 Å². The molecule has 1 aliphatic heterocycles. The first kappa shape index (κ1) is 15.0. The maximum Gasteiger partial charge on any atom is 0.244 e. The summed E-state index contributed by atoms with van der Waals surface area (Å²) in [6.07, 6.45) is 6.01. The molecule has 0 radical (unpaired) electrons. The third-order valence-electron chi connectivity index (χ3n) is 4.28. The third-order valence-corrected chi connectivity index (χ3v) is 4.28. The van der Waals surface area contributed by atoms with Crippen LogP contribution in [0.1, 0.15) is 50.6 Å². The second kappa shape index (κ2) is 7.44. The molecule has 20 heavy (non-hydrogen) atoms. The predicted octanol–water partition coefficient (Wildman–Crippen LogP) is 3.12. The van der Waals surface area contributed by atoms with Gasteiger partial charge in [0.25, 0.3) is 0 Å². The van der Waals surface area contributed by atoms with Crippen LogP contribution < -0.4 is 5.73 Å². The van der Waals surface area contributed by atoms with Gasteiger partial charge in [-0.25, -0.2) is 0 Å². The highest BCUT2D eigenvalue weighted by molar-refractivity contribution is 5.83. The average molecular weight is 274 g/mol. The van der Waals surface area contributed by atoms with E-state index in [1.54, 1.807) is 0 Å². The quantitative estimate of drug-likeness (QED) is 0.917. The Bertz CT molecular complexity index is 418. The third kappa shape index (κ3) is 3.83. The molecule has 1 unspecified atom stereocenters. The largest absolute Gasteiger partial charge is 0.341 e. The number of carbonyl (C=O) groups is 1. The van der Waals surface area contributed by atoms with Crippen molar-refractivity contribution < 1.29 is 4.79 Å². The lowest BCUT2D eigenvalue weighted by atomic mass is 9.96. The summed E-state index contributed by atoms with van der Waals surface area (Å²) in [6, 6.07) is 9.16. The van der Waals surface area contributed by atoms with Crippen LogP contribution in [0.4, 0.5) is 0 Å². The zero-order valence-electron chi connectivity index (χ0n) is 12.4. The van der Waals surface area contributed by atoms with Gasteiger partial charge < -0.3 is 10.6 Å². The van der Waals surface area contributed by atoms with E-state index in [0.717, 1.165) is 37.4 Å². The van der Waals surface area contributed by atoms with Gasteiger partial charge in [-0.1, -0.05) is 50.1 Å². The molecule has 0 bridgehead atoms. The van der Waals surface area contributed by atoms with Crippen LogP contribution in [0.2, 0.25) is 0 Å². The lowest BCUT2D eigenvalue weighted by Crippen LogP contribution is -2.39. The van der Waals surface area contributed by atoms with E-state index in [9.17, 15) is 4.79 Å². The summed E-state index contributed by atoms with van der Waals surface area (Å²) in [5, 5.41) is 0. The van der Waals surface area contributed by atoms with E-state index in [4.69, 9.17) is 5.73 Å². The van der Waals surface area contributed by atoms with Gasteiger partial charge in [-0.15, -0.1) is 0 Å². The molecule has 110 valence electrons. The summed E-state index contributed by atoms with van der Waals surface area (Å²) in [5.74, 6) is 0.860. The Morgan fingerprint density at radius 1 is 1.30 bits per heavy atom. The zero-order chi connectivity index (χ0) is 14.4. The fourth-order valence-electron chi connectivity index (χ4n) is 3.08. The number of hydrogen-bond donors (Lipinski definition) is 1. The minimum absolute atomic E-state index is 0.0772. The molecule has 1 fully saturated rings. The Labute approximate surface area is 122 Å². The molecule has 2 rings (SSSR count). The van der Waals surface area contributed by atoms with Gasteiger partial charge in [0.15, 0.2) is 0 Å². The van der Waals surface area contributed by atoms with Gasteiger partial charge in [-0.3, -0.25) is 4.79 Å². The van der Waals surface area contributed by atoms with E-state index in [-0.39, 0.29) is 5.91 Å². The van der Waals surface area contributed by atoms with Crippen LogP contribution in [-0.2, 0) is 4.79 Å². The topological polar surface area (TPSA) is 46.3 Å². The van der Waals surface area contributed by atoms with Crippen molar-refractivity contribution in [2.45, 2.75) is 45.1 Å². The number of carbonyl (C=O) groups excluding carboxylic acids is 1. The van der Waals surface area contributed by atoms with Crippen LogP contribution >= 0.6 is 0 Å². The molecule has 1 aromatic carbocycles. The Hall–Kier alpha value is -1.35. The smallest absolute Gasteiger partial charge is 0.244 e. The highest BCUT2D eigenvalue weighted by Crippen LogP contribution is 2.23. The van der Waals surface area contributed by atoms with Gasteiger partial charge in [-0.2, -0.15) is 0 Å². The molecular formula is C17H26N2O. The molecule has 1 saturated heterocycles. The van der Waals surface area contributed by atoms with E-state index in [2.05, 4.69) is 6.92 Å². The summed E-state index contributed by atoms with van der Waals surface area (Å²) < 4.78 is 0.